The van der Waals surface area contributed by atoms with Gasteiger partial charge in [0.1, 0.15) is 11.5 Å². The van der Waals surface area contributed by atoms with Crippen LogP contribution in [-0.2, 0) is 13.1 Å². The van der Waals surface area contributed by atoms with Crippen molar-refractivity contribution in [2.75, 3.05) is 0 Å². The fourth-order valence-electron chi connectivity index (χ4n) is 2.40. The van der Waals surface area contributed by atoms with Gasteiger partial charge in [0.2, 0.25) is 0 Å². The van der Waals surface area contributed by atoms with Crippen LogP contribution in [0.25, 0.3) is 11.3 Å². The molecule has 1 heterocycles. The van der Waals surface area contributed by atoms with Gasteiger partial charge in [0.05, 0.1) is 17.1 Å². The second kappa shape index (κ2) is 9.10. The summed E-state index contributed by atoms with van der Waals surface area (Å²) in [4.78, 5) is 10.8. The summed E-state index contributed by atoms with van der Waals surface area (Å²) in [6.45, 7) is 1.16. The minimum absolute atomic E-state index is 0. The maximum Gasteiger partial charge on any atom is 0.335 e. The Hall–Kier alpha value is -1.98. The summed E-state index contributed by atoms with van der Waals surface area (Å²) in [6, 6.07) is 15.8. The molecule has 0 bridgehead atoms. The van der Waals surface area contributed by atoms with Gasteiger partial charge < -0.3 is 27.2 Å². The van der Waals surface area contributed by atoms with Gasteiger partial charge in [0.15, 0.2) is 0 Å². The highest BCUT2D eigenvalue weighted by Crippen LogP contribution is 2.31. The lowest BCUT2D eigenvalue weighted by Gasteiger charge is -2.04. The van der Waals surface area contributed by atoms with Gasteiger partial charge >= 0.3 is 5.97 Å². The third-order valence-electron chi connectivity index (χ3n) is 3.69. The fraction of sp³-hybridized carbons (Fsp3) is 0.105. The number of furan rings is 1. The first-order chi connectivity index (χ1) is 12.0. The second-order valence-corrected chi connectivity index (χ2v) is 6.34. The van der Waals surface area contributed by atoms with E-state index in [0.29, 0.717) is 28.9 Å². The first-order valence-corrected chi connectivity index (χ1v) is 8.35. The molecule has 0 spiro atoms. The number of nitrogens with one attached hydrogen (secondary N) is 1. The molecule has 0 amide bonds. The zero-order valence-electron chi connectivity index (χ0n) is 13.5. The number of aromatic carboxylic acids is 1. The largest absolute Gasteiger partial charge is 1.00 e. The molecule has 2 aromatic carbocycles. The number of carbonyl (C=O) groups is 1. The summed E-state index contributed by atoms with van der Waals surface area (Å²) in [5, 5.41) is 13.3. The zero-order chi connectivity index (χ0) is 17.8. The Morgan fingerprint density at radius 1 is 1.00 bits per heavy atom. The second-order valence-electron chi connectivity index (χ2n) is 5.50. The van der Waals surface area contributed by atoms with Crippen LogP contribution in [0.1, 0.15) is 21.7 Å². The van der Waals surface area contributed by atoms with Crippen LogP contribution >= 0.6 is 23.2 Å². The Labute approximate surface area is 167 Å². The van der Waals surface area contributed by atoms with Gasteiger partial charge in [-0.15, -0.1) is 0 Å². The Bertz CT molecular complexity index is 891. The van der Waals surface area contributed by atoms with Crippen molar-refractivity contribution in [1.29, 1.82) is 0 Å². The molecule has 4 nitrogen and oxygen atoms in total. The SMILES string of the molecule is O=C(O)c1ccc(CNCc2ccc(-c3ccc(Cl)cc3Cl)o2)cc1.[Cl-]. The summed E-state index contributed by atoms with van der Waals surface area (Å²) >= 11 is 12.1. The molecule has 3 rings (SSSR count). The Morgan fingerprint density at radius 3 is 2.38 bits per heavy atom. The maximum atomic E-state index is 10.8. The van der Waals surface area contributed by atoms with E-state index < -0.39 is 5.97 Å². The van der Waals surface area contributed by atoms with Crippen molar-refractivity contribution in [1.82, 2.24) is 5.32 Å². The molecule has 136 valence electrons. The summed E-state index contributed by atoms with van der Waals surface area (Å²) < 4.78 is 5.81. The normalized spacial score (nSPS) is 10.4. The van der Waals surface area contributed by atoms with Gasteiger partial charge in [-0.2, -0.15) is 0 Å². The Balaban J connectivity index is 0.00000243. The van der Waals surface area contributed by atoms with Crippen LogP contribution in [0, 0.1) is 0 Å². The highest BCUT2D eigenvalue weighted by atomic mass is 35.5. The topological polar surface area (TPSA) is 62.5 Å². The summed E-state index contributed by atoms with van der Waals surface area (Å²) in [5.41, 5.74) is 2.07. The van der Waals surface area contributed by atoms with Crippen LogP contribution in [0.15, 0.2) is 59.0 Å². The standard InChI is InChI=1S/C19H15Cl2NO3.ClH/c20-14-5-7-16(17(21)9-14)18-8-6-15(25-18)11-22-10-12-1-3-13(4-2-12)19(23)24;/h1-9,22H,10-11H2,(H,23,24);1H/p-1. The molecular weight excluding hydrogens is 397 g/mol. The smallest absolute Gasteiger partial charge is 0.335 e. The van der Waals surface area contributed by atoms with Gasteiger partial charge in [-0.3, -0.25) is 0 Å². The van der Waals surface area contributed by atoms with E-state index in [1.165, 1.54) is 0 Å². The van der Waals surface area contributed by atoms with Gasteiger partial charge in [0, 0.05) is 17.1 Å². The Morgan fingerprint density at radius 2 is 1.73 bits per heavy atom. The van der Waals surface area contributed by atoms with Crippen molar-refractivity contribution in [3.05, 3.63) is 81.5 Å². The monoisotopic (exact) mass is 410 g/mol. The highest BCUT2D eigenvalue weighted by molar-refractivity contribution is 6.36. The lowest BCUT2D eigenvalue weighted by Crippen LogP contribution is -3.00. The van der Waals surface area contributed by atoms with Crippen molar-refractivity contribution in [2.24, 2.45) is 0 Å². The quantitative estimate of drug-likeness (QED) is 0.653. The van der Waals surface area contributed by atoms with Crippen molar-refractivity contribution in [2.45, 2.75) is 13.1 Å². The van der Waals surface area contributed by atoms with Gasteiger partial charge in [-0.25, -0.2) is 4.79 Å². The van der Waals surface area contributed by atoms with Crippen molar-refractivity contribution < 1.29 is 26.7 Å². The number of hydrogen-bond donors (Lipinski definition) is 2. The zero-order valence-corrected chi connectivity index (χ0v) is 15.8. The van der Waals surface area contributed by atoms with E-state index in [9.17, 15) is 4.79 Å². The van der Waals surface area contributed by atoms with E-state index in [-0.39, 0.29) is 18.0 Å². The number of hydrogen-bond acceptors (Lipinski definition) is 3. The highest BCUT2D eigenvalue weighted by Gasteiger charge is 2.09. The predicted octanol–water partition coefficient (Wildman–Crippen LogP) is 2.25. The van der Waals surface area contributed by atoms with E-state index in [1.807, 2.05) is 18.2 Å². The van der Waals surface area contributed by atoms with Gasteiger partial charge in [-0.1, -0.05) is 35.3 Å². The average Bonchev–Trinajstić information content (AvgIpc) is 3.04. The van der Waals surface area contributed by atoms with Crippen LogP contribution in [0.4, 0.5) is 0 Å². The van der Waals surface area contributed by atoms with Crippen molar-refractivity contribution in [3.8, 4) is 11.3 Å². The van der Waals surface area contributed by atoms with Gasteiger partial charge in [-0.05, 0) is 48.0 Å². The minimum Gasteiger partial charge on any atom is -1.00 e. The van der Waals surface area contributed by atoms with Crippen LogP contribution in [-0.4, -0.2) is 11.1 Å². The molecule has 0 saturated heterocycles. The third kappa shape index (κ3) is 5.02. The molecule has 0 unspecified atom stereocenters. The summed E-state index contributed by atoms with van der Waals surface area (Å²) in [5.74, 6) is 0.538. The van der Waals surface area contributed by atoms with E-state index in [2.05, 4.69) is 5.32 Å². The van der Waals surface area contributed by atoms with E-state index in [4.69, 9.17) is 32.7 Å². The van der Waals surface area contributed by atoms with E-state index in [0.717, 1.165) is 16.9 Å². The summed E-state index contributed by atoms with van der Waals surface area (Å²) in [7, 11) is 0. The first-order valence-electron chi connectivity index (χ1n) is 7.60. The van der Waals surface area contributed by atoms with Crippen LogP contribution < -0.4 is 17.7 Å². The maximum absolute atomic E-state index is 10.8. The number of halogens is 3. The molecule has 2 N–H and O–H groups in total. The molecule has 0 radical (unpaired) electrons. The minimum atomic E-state index is -0.927. The molecular formula is C19H15Cl3NO3-. The number of benzene rings is 2. The molecule has 0 aliphatic carbocycles. The van der Waals surface area contributed by atoms with Crippen molar-refractivity contribution in [3.63, 3.8) is 0 Å². The first kappa shape index (κ1) is 20.3. The van der Waals surface area contributed by atoms with Crippen LogP contribution in [0.3, 0.4) is 0 Å². The average molecular weight is 412 g/mol. The third-order valence-corrected chi connectivity index (χ3v) is 4.24. The molecule has 0 aliphatic heterocycles. The molecule has 0 aliphatic rings. The molecule has 3 aromatic rings. The van der Waals surface area contributed by atoms with Crippen molar-refractivity contribution >= 4 is 29.2 Å². The number of carboxylic acids is 1. The van der Waals surface area contributed by atoms with Gasteiger partial charge in [0.25, 0.3) is 0 Å². The fourth-order valence-corrected chi connectivity index (χ4v) is 2.90. The molecule has 0 saturated carbocycles. The number of carboxylic acid groups (broad SMARTS) is 1. The molecule has 1 aromatic heterocycles. The molecule has 0 fully saturated rings. The lowest BCUT2D eigenvalue weighted by molar-refractivity contribution is -0.0000209. The number of rotatable bonds is 6. The van der Waals surface area contributed by atoms with E-state index >= 15 is 0 Å². The molecule has 0 atom stereocenters. The lowest BCUT2D eigenvalue weighted by atomic mass is 10.1. The predicted molar refractivity (Wildman–Crippen MR) is 98.1 cm³/mol. The molecule has 26 heavy (non-hydrogen) atoms. The Kier molecular flexibility index (Phi) is 7.12. The summed E-state index contributed by atoms with van der Waals surface area (Å²) in [6.07, 6.45) is 0. The van der Waals surface area contributed by atoms with Crippen LogP contribution in [0.5, 0.6) is 0 Å². The van der Waals surface area contributed by atoms with E-state index in [1.54, 1.807) is 36.4 Å². The van der Waals surface area contributed by atoms with Crippen LogP contribution in [0.2, 0.25) is 10.0 Å². The molecule has 7 heteroatoms.